The third-order valence-corrected chi connectivity index (χ3v) is 3.43. The van der Waals surface area contributed by atoms with Crippen molar-refractivity contribution in [2.75, 3.05) is 5.32 Å². The minimum atomic E-state index is -0.350. The van der Waals surface area contributed by atoms with Crippen LogP contribution in [-0.4, -0.2) is 26.5 Å². The highest BCUT2D eigenvalue weighted by atomic mass is 35.5. The fourth-order valence-corrected chi connectivity index (χ4v) is 2.52. The van der Waals surface area contributed by atoms with Crippen LogP contribution in [0, 0.1) is 0 Å². The van der Waals surface area contributed by atoms with Crippen LogP contribution in [-0.2, 0) is 6.61 Å². The van der Waals surface area contributed by atoms with Crippen molar-refractivity contribution in [1.29, 1.82) is 0 Å². The van der Waals surface area contributed by atoms with Crippen LogP contribution in [0.3, 0.4) is 0 Å². The molecule has 0 atom stereocenters. The monoisotopic (exact) mass is 363 g/mol. The van der Waals surface area contributed by atoms with Crippen LogP contribution in [0.5, 0.6) is 5.75 Å². The van der Waals surface area contributed by atoms with Crippen LogP contribution < -0.4 is 10.1 Å². The normalized spacial score (nSPS) is 10.4. The Morgan fingerprint density at radius 1 is 1.17 bits per heavy atom. The van der Waals surface area contributed by atoms with E-state index in [2.05, 4.69) is 25.9 Å². The van der Waals surface area contributed by atoms with Gasteiger partial charge < -0.3 is 10.1 Å². The quantitative estimate of drug-likeness (QED) is 0.724. The maximum atomic E-state index is 12.5. The molecule has 0 aliphatic heterocycles. The average molecular weight is 364 g/mol. The largest absolute Gasteiger partial charge is 0.485 e. The van der Waals surface area contributed by atoms with Crippen LogP contribution in [0.25, 0.3) is 0 Å². The van der Waals surface area contributed by atoms with Gasteiger partial charge in [-0.1, -0.05) is 40.5 Å². The number of ether oxygens (including phenoxy) is 1. The number of amides is 1. The number of benzene rings is 2. The zero-order valence-corrected chi connectivity index (χ0v) is 13.7. The molecule has 2 aromatic carbocycles. The predicted octanol–water partition coefficient (Wildman–Crippen LogP) is 3.34. The number of hydrogen-bond acceptors (Lipinski definition) is 5. The maximum Gasteiger partial charge on any atom is 0.259 e. The number of halogens is 2. The van der Waals surface area contributed by atoms with Crippen molar-refractivity contribution in [3.05, 3.63) is 63.9 Å². The van der Waals surface area contributed by atoms with E-state index in [4.69, 9.17) is 27.9 Å². The van der Waals surface area contributed by atoms with Gasteiger partial charge in [0.05, 0.1) is 5.56 Å². The van der Waals surface area contributed by atoms with Crippen molar-refractivity contribution in [3.8, 4) is 5.75 Å². The lowest BCUT2D eigenvalue weighted by molar-refractivity contribution is 0.102. The summed E-state index contributed by atoms with van der Waals surface area (Å²) >= 11 is 11.9. The molecule has 0 spiro atoms. The van der Waals surface area contributed by atoms with Crippen molar-refractivity contribution in [2.45, 2.75) is 6.61 Å². The van der Waals surface area contributed by atoms with Gasteiger partial charge in [-0.2, -0.15) is 5.21 Å². The van der Waals surface area contributed by atoms with Crippen molar-refractivity contribution < 1.29 is 9.53 Å². The Bertz CT molecular complexity index is 835. The average Bonchev–Trinajstić information content (AvgIpc) is 3.05. The molecule has 0 bridgehead atoms. The second-order valence-electron chi connectivity index (χ2n) is 4.73. The van der Waals surface area contributed by atoms with Crippen molar-refractivity contribution >= 4 is 34.8 Å². The first-order chi connectivity index (χ1) is 11.6. The summed E-state index contributed by atoms with van der Waals surface area (Å²) in [7, 11) is 0. The molecule has 0 aliphatic rings. The number of hydrogen-bond donors (Lipinski definition) is 2. The highest BCUT2D eigenvalue weighted by molar-refractivity contribution is 6.35. The summed E-state index contributed by atoms with van der Waals surface area (Å²) in [6.45, 7) is 0.0871. The summed E-state index contributed by atoms with van der Waals surface area (Å²) in [6.07, 6.45) is 0. The fraction of sp³-hybridized carbons (Fsp3) is 0.0667. The molecule has 0 unspecified atom stereocenters. The number of carbonyl (C=O) groups is 1. The van der Waals surface area contributed by atoms with Crippen molar-refractivity contribution in [3.63, 3.8) is 0 Å². The van der Waals surface area contributed by atoms with E-state index in [-0.39, 0.29) is 12.5 Å². The van der Waals surface area contributed by atoms with Crippen molar-refractivity contribution in [2.24, 2.45) is 0 Å². The second-order valence-corrected chi connectivity index (χ2v) is 5.60. The summed E-state index contributed by atoms with van der Waals surface area (Å²) in [5, 5.41) is 17.0. The Balaban J connectivity index is 1.76. The summed E-state index contributed by atoms with van der Waals surface area (Å²) in [4.78, 5) is 12.5. The van der Waals surface area contributed by atoms with E-state index in [1.807, 2.05) is 0 Å². The molecule has 7 nitrogen and oxygen atoms in total. The van der Waals surface area contributed by atoms with Crippen LogP contribution in [0.1, 0.15) is 16.2 Å². The first-order valence-corrected chi connectivity index (χ1v) is 7.59. The van der Waals surface area contributed by atoms with Gasteiger partial charge in [0.2, 0.25) is 5.82 Å². The molecule has 1 aromatic heterocycles. The number of tetrazole rings is 1. The number of anilines is 1. The predicted molar refractivity (Wildman–Crippen MR) is 89.4 cm³/mol. The number of H-pyrrole nitrogens is 1. The molecule has 0 fully saturated rings. The molecule has 3 rings (SSSR count). The molecule has 3 aromatic rings. The van der Waals surface area contributed by atoms with E-state index in [1.165, 1.54) is 0 Å². The molecule has 1 heterocycles. The third kappa shape index (κ3) is 4.01. The number of aromatic amines is 1. The number of para-hydroxylation sites is 1. The van der Waals surface area contributed by atoms with E-state index in [0.717, 1.165) is 0 Å². The van der Waals surface area contributed by atoms with Gasteiger partial charge in [0.15, 0.2) is 6.61 Å². The van der Waals surface area contributed by atoms with Gasteiger partial charge in [0.1, 0.15) is 5.75 Å². The van der Waals surface area contributed by atoms with E-state index in [0.29, 0.717) is 32.9 Å². The first kappa shape index (κ1) is 16.2. The summed E-state index contributed by atoms with van der Waals surface area (Å²) < 4.78 is 5.59. The first-order valence-electron chi connectivity index (χ1n) is 6.83. The molecule has 1 amide bonds. The molecular weight excluding hydrogens is 353 g/mol. The van der Waals surface area contributed by atoms with Crippen LogP contribution in [0.15, 0.2) is 42.5 Å². The SMILES string of the molecule is O=C(Nc1cc(Cl)cc(Cl)c1)c1ccccc1OCc1nn[nH]n1. The molecule has 24 heavy (non-hydrogen) atoms. The minimum Gasteiger partial charge on any atom is -0.485 e. The lowest BCUT2D eigenvalue weighted by Crippen LogP contribution is -2.13. The van der Waals surface area contributed by atoms with Crippen LogP contribution >= 0.6 is 23.2 Å². The van der Waals surface area contributed by atoms with Gasteiger partial charge in [-0.15, -0.1) is 10.2 Å². The molecule has 122 valence electrons. The Labute approximate surface area is 146 Å². The number of carbonyl (C=O) groups excluding carboxylic acids is 1. The molecular formula is C15H11Cl2N5O2. The summed E-state index contributed by atoms with van der Waals surface area (Å²) in [5.41, 5.74) is 0.850. The van der Waals surface area contributed by atoms with Crippen molar-refractivity contribution in [1.82, 2.24) is 20.6 Å². The van der Waals surface area contributed by atoms with Crippen LogP contribution in [0.4, 0.5) is 5.69 Å². The van der Waals surface area contributed by atoms with Gasteiger partial charge in [-0.3, -0.25) is 4.79 Å². The molecule has 0 aliphatic carbocycles. The number of aromatic nitrogens is 4. The molecule has 2 N–H and O–H groups in total. The van der Waals surface area contributed by atoms with Gasteiger partial charge in [-0.05, 0) is 30.3 Å². The van der Waals surface area contributed by atoms with Gasteiger partial charge >= 0.3 is 0 Å². The van der Waals surface area contributed by atoms with Crippen LogP contribution in [0.2, 0.25) is 10.0 Å². The topological polar surface area (TPSA) is 92.8 Å². The van der Waals surface area contributed by atoms with E-state index in [9.17, 15) is 4.79 Å². The second kappa shape index (κ2) is 7.29. The minimum absolute atomic E-state index is 0.0871. The van der Waals surface area contributed by atoms with E-state index < -0.39 is 0 Å². The zero-order valence-electron chi connectivity index (χ0n) is 12.2. The third-order valence-electron chi connectivity index (χ3n) is 3.00. The number of nitrogens with zero attached hydrogens (tertiary/aromatic N) is 3. The van der Waals surface area contributed by atoms with Gasteiger partial charge in [0, 0.05) is 15.7 Å². The Hall–Kier alpha value is -2.64. The molecule has 0 radical (unpaired) electrons. The fourth-order valence-electron chi connectivity index (χ4n) is 1.99. The number of nitrogens with one attached hydrogen (secondary N) is 2. The van der Waals surface area contributed by atoms with E-state index >= 15 is 0 Å². The van der Waals surface area contributed by atoms with E-state index in [1.54, 1.807) is 42.5 Å². The Morgan fingerprint density at radius 3 is 2.62 bits per heavy atom. The molecule has 0 saturated heterocycles. The number of rotatable bonds is 5. The summed E-state index contributed by atoms with van der Waals surface area (Å²) in [6, 6.07) is 11.6. The molecule has 0 saturated carbocycles. The lowest BCUT2D eigenvalue weighted by atomic mass is 10.2. The van der Waals surface area contributed by atoms with Gasteiger partial charge in [-0.25, -0.2) is 0 Å². The smallest absolute Gasteiger partial charge is 0.259 e. The standard InChI is InChI=1S/C15H11Cl2N5O2/c16-9-5-10(17)7-11(6-9)18-15(23)12-3-1-2-4-13(12)24-8-14-19-21-22-20-14/h1-7H,8H2,(H,18,23)(H,19,20,21,22). The highest BCUT2D eigenvalue weighted by Gasteiger charge is 2.13. The summed E-state index contributed by atoms with van der Waals surface area (Å²) in [5.74, 6) is 0.428. The zero-order chi connectivity index (χ0) is 16.9. The van der Waals surface area contributed by atoms with Gasteiger partial charge in [0.25, 0.3) is 5.91 Å². The molecule has 9 heteroatoms. The Kier molecular flexibility index (Phi) is 4.93. The lowest BCUT2D eigenvalue weighted by Gasteiger charge is -2.11. The highest BCUT2D eigenvalue weighted by Crippen LogP contribution is 2.25. The Morgan fingerprint density at radius 2 is 1.92 bits per heavy atom. The maximum absolute atomic E-state index is 12.5.